The van der Waals surface area contributed by atoms with Gasteiger partial charge in [-0.3, -0.25) is 5.01 Å². The number of hydrazine groups is 1. The molecule has 0 aliphatic heterocycles. The minimum atomic E-state index is 0.447. The Morgan fingerprint density at radius 3 is 2.38 bits per heavy atom. The van der Waals surface area contributed by atoms with Crippen molar-refractivity contribution in [1.82, 2.24) is 10.4 Å². The largest absolute Gasteiger partial charge is 0.250 e. The number of nitrogens with one attached hydrogen (secondary N) is 1. The van der Waals surface area contributed by atoms with E-state index in [-0.39, 0.29) is 0 Å². The lowest BCUT2D eigenvalue weighted by Gasteiger charge is -2.23. The summed E-state index contributed by atoms with van der Waals surface area (Å²) in [5.41, 5.74) is 4.87. The number of hydrogen-bond donors (Lipinski definition) is 1. The van der Waals surface area contributed by atoms with Crippen molar-refractivity contribution in [2.24, 2.45) is 0 Å². The summed E-state index contributed by atoms with van der Waals surface area (Å²) in [5, 5.41) is 2.05. The molecule has 0 saturated carbocycles. The van der Waals surface area contributed by atoms with Gasteiger partial charge in [-0.05, 0) is 12.0 Å². The minimum Gasteiger partial charge on any atom is -0.250 e. The first kappa shape index (κ1) is 13.2. The number of hydrogen-bond acceptors (Lipinski definition) is 2. The molecule has 0 heterocycles. The molecule has 0 bridgehead atoms. The standard InChI is InChI=1S/C14H24N2/c1-4-5-7-12-14(15-16(2)3)13-10-8-6-9-11-13/h6,8-11,14-15H,4-5,7,12H2,1-3H3. The van der Waals surface area contributed by atoms with Crippen LogP contribution in [-0.4, -0.2) is 19.1 Å². The molecule has 0 aliphatic carbocycles. The molecule has 2 heteroatoms. The zero-order valence-corrected chi connectivity index (χ0v) is 10.7. The van der Waals surface area contributed by atoms with Crippen molar-refractivity contribution in [3.8, 4) is 0 Å². The smallest absolute Gasteiger partial charge is 0.0464 e. The summed E-state index contributed by atoms with van der Waals surface area (Å²) in [4.78, 5) is 0. The van der Waals surface area contributed by atoms with Gasteiger partial charge >= 0.3 is 0 Å². The second-order valence-electron chi connectivity index (χ2n) is 4.48. The lowest BCUT2D eigenvalue weighted by atomic mass is 10.0. The van der Waals surface area contributed by atoms with E-state index in [1.165, 1.54) is 31.2 Å². The van der Waals surface area contributed by atoms with Crippen LogP contribution in [0, 0.1) is 0 Å². The highest BCUT2D eigenvalue weighted by molar-refractivity contribution is 5.18. The predicted octanol–water partition coefficient (Wildman–Crippen LogP) is 3.37. The second kappa shape index (κ2) is 7.42. The Hall–Kier alpha value is -0.860. The molecule has 16 heavy (non-hydrogen) atoms. The molecule has 1 atom stereocenters. The Morgan fingerprint density at radius 1 is 1.12 bits per heavy atom. The predicted molar refractivity (Wildman–Crippen MR) is 70.1 cm³/mol. The SMILES string of the molecule is CCCCCC(NN(C)C)c1ccccc1. The molecule has 0 spiro atoms. The summed E-state index contributed by atoms with van der Waals surface area (Å²) in [5.74, 6) is 0. The molecule has 0 fully saturated rings. The number of benzene rings is 1. The van der Waals surface area contributed by atoms with Crippen molar-refractivity contribution in [3.63, 3.8) is 0 Å². The van der Waals surface area contributed by atoms with Crippen molar-refractivity contribution in [1.29, 1.82) is 0 Å². The van der Waals surface area contributed by atoms with Gasteiger partial charge in [-0.15, -0.1) is 0 Å². The molecule has 1 rings (SSSR count). The van der Waals surface area contributed by atoms with E-state index >= 15 is 0 Å². The van der Waals surface area contributed by atoms with E-state index in [0.717, 1.165) is 0 Å². The summed E-state index contributed by atoms with van der Waals surface area (Å²) >= 11 is 0. The zero-order valence-electron chi connectivity index (χ0n) is 10.7. The van der Waals surface area contributed by atoms with Crippen LogP contribution in [0.4, 0.5) is 0 Å². The Bertz CT molecular complexity index is 269. The highest BCUT2D eigenvalue weighted by Crippen LogP contribution is 2.19. The van der Waals surface area contributed by atoms with E-state index in [1.54, 1.807) is 0 Å². The Balaban J connectivity index is 2.56. The van der Waals surface area contributed by atoms with E-state index in [2.05, 4.69) is 56.8 Å². The molecule has 1 unspecified atom stereocenters. The van der Waals surface area contributed by atoms with Gasteiger partial charge in [-0.1, -0.05) is 56.5 Å². The molecule has 2 nitrogen and oxygen atoms in total. The van der Waals surface area contributed by atoms with Crippen LogP contribution in [0.5, 0.6) is 0 Å². The fourth-order valence-corrected chi connectivity index (χ4v) is 1.90. The normalized spacial score (nSPS) is 13.0. The van der Waals surface area contributed by atoms with E-state index in [1.807, 2.05) is 5.01 Å². The monoisotopic (exact) mass is 220 g/mol. The third-order valence-corrected chi connectivity index (χ3v) is 2.71. The maximum absolute atomic E-state index is 3.49. The average Bonchev–Trinajstić information content (AvgIpc) is 2.29. The van der Waals surface area contributed by atoms with Crippen molar-refractivity contribution < 1.29 is 0 Å². The first-order valence-electron chi connectivity index (χ1n) is 6.22. The third kappa shape index (κ3) is 4.77. The molecule has 0 saturated heterocycles. The molecule has 1 aromatic rings. The van der Waals surface area contributed by atoms with Gasteiger partial charge in [-0.2, -0.15) is 0 Å². The van der Waals surface area contributed by atoms with E-state index in [0.29, 0.717) is 6.04 Å². The Morgan fingerprint density at radius 2 is 1.81 bits per heavy atom. The fraction of sp³-hybridized carbons (Fsp3) is 0.571. The summed E-state index contributed by atoms with van der Waals surface area (Å²) < 4.78 is 0. The maximum atomic E-state index is 3.49. The first-order valence-corrected chi connectivity index (χ1v) is 6.22. The average molecular weight is 220 g/mol. The first-order chi connectivity index (χ1) is 7.74. The summed E-state index contributed by atoms with van der Waals surface area (Å²) in [6.45, 7) is 2.25. The van der Waals surface area contributed by atoms with Gasteiger partial charge in [0.1, 0.15) is 0 Å². The van der Waals surface area contributed by atoms with Crippen molar-refractivity contribution in [2.75, 3.05) is 14.1 Å². The summed E-state index contributed by atoms with van der Waals surface area (Å²) in [7, 11) is 4.10. The van der Waals surface area contributed by atoms with Crippen LogP contribution in [0.2, 0.25) is 0 Å². The van der Waals surface area contributed by atoms with Crippen molar-refractivity contribution in [3.05, 3.63) is 35.9 Å². The van der Waals surface area contributed by atoms with Crippen LogP contribution >= 0.6 is 0 Å². The minimum absolute atomic E-state index is 0.447. The van der Waals surface area contributed by atoms with Crippen LogP contribution in [0.15, 0.2) is 30.3 Å². The quantitative estimate of drug-likeness (QED) is 0.560. The van der Waals surface area contributed by atoms with E-state index < -0.39 is 0 Å². The third-order valence-electron chi connectivity index (χ3n) is 2.71. The summed E-state index contributed by atoms with van der Waals surface area (Å²) in [6, 6.07) is 11.1. The van der Waals surface area contributed by atoms with Gasteiger partial charge in [-0.25, -0.2) is 5.43 Å². The number of unbranched alkanes of at least 4 members (excludes halogenated alkanes) is 2. The second-order valence-corrected chi connectivity index (χ2v) is 4.48. The Kier molecular flexibility index (Phi) is 6.12. The van der Waals surface area contributed by atoms with Crippen molar-refractivity contribution in [2.45, 2.75) is 38.6 Å². The molecule has 0 radical (unpaired) electrons. The number of nitrogens with zero attached hydrogens (tertiary/aromatic N) is 1. The molecule has 0 aromatic heterocycles. The highest BCUT2D eigenvalue weighted by atomic mass is 15.5. The van der Waals surface area contributed by atoms with Crippen LogP contribution in [0.25, 0.3) is 0 Å². The fourth-order valence-electron chi connectivity index (χ4n) is 1.90. The topological polar surface area (TPSA) is 15.3 Å². The lowest BCUT2D eigenvalue weighted by molar-refractivity contribution is 0.232. The molecule has 1 aromatic carbocycles. The van der Waals surface area contributed by atoms with Gasteiger partial charge in [0.25, 0.3) is 0 Å². The van der Waals surface area contributed by atoms with Gasteiger partial charge in [0.2, 0.25) is 0 Å². The number of rotatable bonds is 7. The zero-order chi connectivity index (χ0) is 11.8. The molecule has 90 valence electrons. The molecular weight excluding hydrogens is 196 g/mol. The molecule has 1 N–H and O–H groups in total. The van der Waals surface area contributed by atoms with Gasteiger partial charge in [0.15, 0.2) is 0 Å². The molecule has 0 amide bonds. The van der Waals surface area contributed by atoms with Crippen molar-refractivity contribution >= 4 is 0 Å². The van der Waals surface area contributed by atoms with E-state index in [4.69, 9.17) is 0 Å². The van der Waals surface area contributed by atoms with Gasteiger partial charge in [0, 0.05) is 20.1 Å². The van der Waals surface area contributed by atoms with Gasteiger partial charge in [0.05, 0.1) is 0 Å². The van der Waals surface area contributed by atoms with Crippen LogP contribution < -0.4 is 5.43 Å². The van der Waals surface area contributed by atoms with Crippen LogP contribution in [0.3, 0.4) is 0 Å². The molecular formula is C14H24N2. The maximum Gasteiger partial charge on any atom is 0.0464 e. The highest BCUT2D eigenvalue weighted by Gasteiger charge is 2.10. The van der Waals surface area contributed by atoms with Crippen LogP contribution in [-0.2, 0) is 0 Å². The van der Waals surface area contributed by atoms with Gasteiger partial charge < -0.3 is 0 Å². The summed E-state index contributed by atoms with van der Waals surface area (Å²) in [6.07, 6.45) is 5.09. The van der Waals surface area contributed by atoms with E-state index in [9.17, 15) is 0 Å². The van der Waals surface area contributed by atoms with Crippen LogP contribution in [0.1, 0.15) is 44.2 Å². The molecule has 0 aliphatic rings. The Labute approximate surface area is 99.6 Å². The lowest BCUT2D eigenvalue weighted by Crippen LogP contribution is -2.34.